The maximum absolute atomic E-state index is 12.2. The Morgan fingerprint density at radius 2 is 1.73 bits per heavy atom. The summed E-state index contributed by atoms with van der Waals surface area (Å²) in [6.07, 6.45) is 0.0650. The highest BCUT2D eigenvalue weighted by atomic mass is 35.5. The fourth-order valence-corrected chi connectivity index (χ4v) is 2.11. The number of halogens is 1. The lowest BCUT2D eigenvalue weighted by atomic mass is 10.0. The normalized spacial score (nSPS) is 12.9. The van der Waals surface area contributed by atoms with Crippen molar-refractivity contribution in [3.8, 4) is 0 Å². The van der Waals surface area contributed by atoms with E-state index in [0.717, 1.165) is 0 Å². The van der Waals surface area contributed by atoms with Gasteiger partial charge in [0.15, 0.2) is 0 Å². The van der Waals surface area contributed by atoms with Crippen molar-refractivity contribution in [1.82, 2.24) is 5.32 Å². The number of esters is 2. The van der Waals surface area contributed by atoms with Crippen LogP contribution in [0.15, 0.2) is 24.3 Å². The van der Waals surface area contributed by atoms with Crippen molar-refractivity contribution in [1.29, 1.82) is 0 Å². The lowest BCUT2D eigenvalue weighted by Crippen LogP contribution is -2.43. The van der Waals surface area contributed by atoms with Crippen LogP contribution in [-0.4, -0.2) is 38.1 Å². The van der Waals surface area contributed by atoms with Crippen LogP contribution in [-0.2, 0) is 19.1 Å². The van der Waals surface area contributed by atoms with E-state index in [2.05, 4.69) is 14.8 Å². The summed E-state index contributed by atoms with van der Waals surface area (Å²) in [5, 5.41) is 2.80. The Kier molecular flexibility index (Phi) is 6.85. The molecule has 0 aromatic heterocycles. The van der Waals surface area contributed by atoms with Gasteiger partial charge in [-0.25, -0.2) is 4.79 Å². The number of carbonyl (C=O) groups is 3. The number of rotatable bonds is 6. The third-order valence-corrected chi connectivity index (χ3v) is 3.43. The molecule has 6 nitrogen and oxygen atoms in total. The molecule has 1 amide bonds. The molecule has 0 fully saturated rings. The Morgan fingerprint density at radius 3 is 2.27 bits per heavy atom. The first-order chi connectivity index (χ1) is 10.4. The number of hydrogen-bond donors (Lipinski definition) is 1. The van der Waals surface area contributed by atoms with Crippen LogP contribution in [0.25, 0.3) is 0 Å². The van der Waals surface area contributed by atoms with Gasteiger partial charge >= 0.3 is 11.9 Å². The van der Waals surface area contributed by atoms with Gasteiger partial charge in [0.05, 0.1) is 30.7 Å². The van der Waals surface area contributed by atoms with Crippen LogP contribution in [0.1, 0.15) is 23.7 Å². The zero-order valence-electron chi connectivity index (χ0n) is 12.6. The summed E-state index contributed by atoms with van der Waals surface area (Å²) in [7, 11) is 2.47. The van der Waals surface area contributed by atoms with E-state index in [0.29, 0.717) is 0 Å². The minimum atomic E-state index is -0.970. The van der Waals surface area contributed by atoms with Crippen LogP contribution in [0.4, 0.5) is 0 Å². The molecule has 0 aliphatic heterocycles. The number of ether oxygens (including phenoxy) is 2. The molecule has 2 atom stereocenters. The molecule has 0 saturated heterocycles. The van der Waals surface area contributed by atoms with Crippen LogP contribution in [0.3, 0.4) is 0 Å². The first-order valence-electron chi connectivity index (χ1n) is 6.61. The van der Waals surface area contributed by atoms with Gasteiger partial charge in [0, 0.05) is 0 Å². The standard InChI is InChI=1S/C15H18ClNO5/c1-9(14(19)21-2)8-12(15(20)22-3)17-13(18)10-6-4-5-7-11(10)16/h4-7,9,12H,8H2,1-3H3,(H,17,18)/t9-,12+/m0/s1. The van der Waals surface area contributed by atoms with E-state index in [4.69, 9.17) is 11.6 Å². The van der Waals surface area contributed by atoms with Crippen LogP contribution < -0.4 is 5.32 Å². The summed E-state index contributed by atoms with van der Waals surface area (Å²) in [5.41, 5.74) is 0.240. The molecule has 1 aromatic rings. The summed E-state index contributed by atoms with van der Waals surface area (Å²) in [6, 6.07) is 5.49. The average molecular weight is 328 g/mol. The van der Waals surface area contributed by atoms with E-state index in [1.807, 2.05) is 0 Å². The fraction of sp³-hybridized carbons (Fsp3) is 0.400. The fourth-order valence-electron chi connectivity index (χ4n) is 1.89. The third kappa shape index (κ3) is 4.73. The van der Waals surface area contributed by atoms with Gasteiger partial charge in [0.25, 0.3) is 5.91 Å². The molecule has 120 valence electrons. The number of benzene rings is 1. The van der Waals surface area contributed by atoms with E-state index >= 15 is 0 Å². The molecule has 0 bridgehead atoms. The van der Waals surface area contributed by atoms with Gasteiger partial charge in [-0.15, -0.1) is 0 Å². The van der Waals surface area contributed by atoms with Crippen molar-refractivity contribution in [2.45, 2.75) is 19.4 Å². The SMILES string of the molecule is COC(=O)[C@@H](C)C[C@@H](NC(=O)c1ccccc1Cl)C(=O)OC. The van der Waals surface area contributed by atoms with Crippen molar-refractivity contribution in [3.05, 3.63) is 34.9 Å². The van der Waals surface area contributed by atoms with Gasteiger partial charge in [-0.05, 0) is 18.6 Å². The molecule has 0 radical (unpaired) electrons. The number of methoxy groups -OCH3 is 2. The van der Waals surface area contributed by atoms with Gasteiger partial charge in [-0.3, -0.25) is 9.59 Å². The van der Waals surface area contributed by atoms with Gasteiger partial charge in [-0.1, -0.05) is 30.7 Å². The molecular weight excluding hydrogens is 310 g/mol. The summed E-state index contributed by atoms with van der Waals surface area (Å²) in [5.74, 6) is -2.20. The minimum absolute atomic E-state index is 0.0650. The second-order valence-corrected chi connectivity index (χ2v) is 5.10. The molecule has 0 spiro atoms. The minimum Gasteiger partial charge on any atom is -0.469 e. The maximum Gasteiger partial charge on any atom is 0.328 e. The van der Waals surface area contributed by atoms with E-state index in [9.17, 15) is 14.4 Å². The third-order valence-electron chi connectivity index (χ3n) is 3.10. The van der Waals surface area contributed by atoms with E-state index in [1.54, 1.807) is 25.1 Å². The quantitative estimate of drug-likeness (QED) is 0.806. The maximum atomic E-state index is 12.2. The second kappa shape index (κ2) is 8.38. The molecule has 0 heterocycles. The summed E-state index contributed by atoms with van der Waals surface area (Å²) in [6.45, 7) is 1.60. The predicted molar refractivity (Wildman–Crippen MR) is 80.5 cm³/mol. The van der Waals surface area contributed by atoms with E-state index in [-0.39, 0.29) is 17.0 Å². The Bertz CT molecular complexity index is 561. The molecular formula is C15H18ClNO5. The summed E-state index contributed by atoms with van der Waals surface area (Å²) >= 11 is 5.94. The van der Waals surface area contributed by atoms with Crippen LogP contribution in [0.2, 0.25) is 5.02 Å². The molecule has 7 heteroatoms. The Balaban J connectivity index is 2.86. The molecule has 1 rings (SSSR count). The Morgan fingerprint density at radius 1 is 1.14 bits per heavy atom. The van der Waals surface area contributed by atoms with E-state index < -0.39 is 29.8 Å². The highest BCUT2D eigenvalue weighted by Crippen LogP contribution is 2.16. The molecule has 1 aromatic carbocycles. The van der Waals surface area contributed by atoms with Crippen molar-refractivity contribution in [2.24, 2.45) is 5.92 Å². The predicted octanol–water partition coefficient (Wildman–Crippen LogP) is 1.81. The molecule has 0 saturated carbocycles. The molecule has 0 aliphatic carbocycles. The first-order valence-corrected chi connectivity index (χ1v) is 6.99. The molecule has 0 unspecified atom stereocenters. The van der Waals surface area contributed by atoms with Gasteiger partial charge in [-0.2, -0.15) is 0 Å². The largest absolute Gasteiger partial charge is 0.469 e. The molecule has 22 heavy (non-hydrogen) atoms. The second-order valence-electron chi connectivity index (χ2n) is 4.69. The van der Waals surface area contributed by atoms with E-state index in [1.165, 1.54) is 20.3 Å². The van der Waals surface area contributed by atoms with Crippen LogP contribution in [0, 0.1) is 5.92 Å². The lowest BCUT2D eigenvalue weighted by Gasteiger charge is -2.19. The zero-order chi connectivity index (χ0) is 16.7. The highest BCUT2D eigenvalue weighted by Gasteiger charge is 2.28. The number of nitrogens with one attached hydrogen (secondary N) is 1. The van der Waals surface area contributed by atoms with Gasteiger partial charge in [0.2, 0.25) is 0 Å². The zero-order valence-corrected chi connectivity index (χ0v) is 13.3. The topological polar surface area (TPSA) is 81.7 Å². The molecule has 1 N–H and O–H groups in total. The van der Waals surface area contributed by atoms with Crippen molar-refractivity contribution >= 4 is 29.4 Å². The van der Waals surface area contributed by atoms with Crippen molar-refractivity contribution in [3.63, 3.8) is 0 Å². The first kappa shape index (κ1) is 18.0. The molecule has 0 aliphatic rings. The Hall–Kier alpha value is -2.08. The number of amides is 1. The highest BCUT2D eigenvalue weighted by molar-refractivity contribution is 6.33. The van der Waals surface area contributed by atoms with Crippen LogP contribution >= 0.6 is 11.6 Å². The number of carbonyl (C=O) groups excluding carboxylic acids is 3. The monoisotopic (exact) mass is 327 g/mol. The smallest absolute Gasteiger partial charge is 0.328 e. The van der Waals surface area contributed by atoms with Crippen LogP contribution in [0.5, 0.6) is 0 Å². The summed E-state index contributed by atoms with van der Waals surface area (Å²) < 4.78 is 9.26. The van der Waals surface area contributed by atoms with Gasteiger partial charge < -0.3 is 14.8 Å². The Labute approximate surface area is 133 Å². The number of hydrogen-bond acceptors (Lipinski definition) is 5. The van der Waals surface area contributed by atoms with Crippen molar-refractivity contribution < 1.29 is 23.9 Å². The van der Waals surface area contributed by atoms with Crippen molar-refractivity contribution in [2.75, 3.05) is 14.2 Å². The lowest BCUT2D eigenvalue weighted by molar-refractivity contribution is -0.147. The average Bonchev–Trinajstić information content (AvgIpc) is 2.52. The van der Waals surface area contributed by atoms with Gasteiger partial charge in [0.1, 0.15) is 6.04 Å². The summed E-state index contributed by atoms with van der Waals surface area (Å²) in [4.78, 5) is 35.4.